The number of halogens is 1. The quantitative estimate of drug-likeness (QED) is 0.130. The highest BCUT2D eigenvalue weighted by Gasteiger charge is 2.32. The topological polar surface area (TPSA) is 255 Å². The predicted octanol–water partition coefficient (Wildman–Crippen LogP) is 2.24. The molecule has 0 aromatic carbocycles. The normalized spacial score (nSPS) is 21.2. The zero-order valence-electron chi connectivity index (χ0n) is 38.3. The summed E-state index contributed by atoms with van der Waals surface area (Å²) in [5.41, 5.74) is 16.0. The van der Waals surface area contributed by atoms with Crippen molar-refractivity contribution in [3.63, 3.8) is 0 Å². The number of hydrogen-bond donors (Lipinski definition) is 5. The van der Waals surface area contributed by atoms with E-state index in [4.69, 9.17) is 57.5 Å². The third-order valence-corrected chi connectivity index (χ3v) is 13.0. The van der Waals surface area contributed by atoms with Crippen molar-refractivity contribution in [3.05, 3.63) is 30.1 Å². The first kappa shape index (κ1) is 45.1. The fraction of sp³-hybridized carbons (Fsp3) is 0.591. The average Bonchev–Trinajstić information content (AvgIpc) is 4.30. The fourth-order valence-electron chi connectivity index (χ4n) is 8.69. The number of fused-ring (bicyclic) bond motifs is 2. The molecular formula is C44H61ClN20O2. The molecular weight excluding hydrogens is 876 g/mol. The van der Waals surface area contributed by atoms with Gasteiger partial charge >= 0.3 is 0 Å². The molecule has 7 N–H and O–H groups in total. The number of morpholine rings is 2. The lowest BCUT2D eigenvalue weighted by Crippen LogP contribution is -2.50. The molecule has 4 aliphatic heterocycles. The molecule has 6 aromatic heterocycles. The minimum atomic E-state index is 0.218. The maximum absolute atomic E-state index is 6.47. The van der Waals surface area contributed by atoms with Crippen molar-refractivity contribution in [2.24, 2.45) is 11.8 Å². The number of nitrogens with zero attached hydrogens (tertiary/aromatic N) is 15. The van der Waals surface area contributed by atoms with Crippen LogP contribution in [0.4, 0.5) is 29.5 Å². The lowest BCUT2D eigenvalue weighted by molar-refractivity contribution is 0.122. The Morgan fingerprint density at radius 2 is 1.10 bits per heavy atom. The van der Waals surface area contributed by atoms with Gasteiger partial charge in [0, 0.05) is 115 Å². The van der Waals surface area contributed by atoms with Gasteiger partial charge in [0.2, 0.25) is 23.1 Å². The smallest absolute Gasteiger partial charge is 0.219 e. The first-order valence-electron chi connectivity index (χ1n) is 23.7. The number of hydrogen-bond acceptors (Lipinski definition) is 20. The number of anilines is 5. The van der Waals surface area contributed by atoms with Crippen LogP contribution in [0, 0.1) is 11.8 Å². The second-order valence-corrected chi connectivity index (χ2v) is 18.5. The van der Waals surface area contributed by atoms with E-state index in [2.05, 4.69) is 74.0 Å². The van der Waals surface area contributed by atoms with Crippen molar-refractivity contribution in [2.45, 2.75) is 64.7 Å². The Kier molecular flexibility index (Phi) is 13.7. The van der Waals surface area contributed by atoms with Crippen LogP contribution in [0.3, 0.4) is 0 Å². The molecule has 0 amide bonds. The summed E-state index contributed by atoms with van der Waals surface area (Å²) in [4.78, 5) is 52.6. The summed E-state index contributed by atoms with van der Waals surface area (Å²) in [6.07, 6.45) is 11.6. The zero-order chi connectivity index (χ0) is 45.9. The van der Waals surface area contributed by atoms with Crippen LogP contribution in [-0.4, -0.2) is 163 Å². The summed E-state index contributed by atoms with van der Waals surface area (Å²) in [5.74, 6) is 5.55. The van der Waals surface area contributed by atoms with Crippen LogP contribution in [0.25, 0.3) is 45.1 Å². The molecule has 4 saturated heterocycles. The predicted molar refractivity (Wildman–Crippen MR) is 258 cm³/mol. The SMILES string of the molecule is CC1CN(c2nc3c(N4CCOCC4)nc(-c4cnc(N)nc4)nc3n2CC2CC2)CCN1.CC1CNCCN1.Nc1ncc(-c2nc(N3CCOCC3)c3nc(Cl)n(CC4CC4)c3n2)cn1. The van der Waals surface area contributed by atoms with Gasteiger partial charge in [-0.3, -0.25) is 9.13 Å². The van der Waals surface area contributed by atoms with E-state index in [9.17, 15) is 0 Å². The molecule has 2 atom stereocenters. The van der Waals surface area contributed by atoms with Crippen molar-refractivity contribution < 1.29 is 9.47 Å². The van der Waals surface area contributed by atoms with Gasteiger partial charge in [0.15, 0.2) is 45.6 Å². The van der Waals surface area contributed by atoms with Gasteiger partial charge in [0.25, 0.3) is 0 Å². The van der Waals surface area contributed by atoms with Crippen LogP contribution < -0.4 is 42.1 Å². The highest BCUT2D eigenvalue weighted by atomic mass is 35.5. The summed E-state index contributed by atoms with van der Waals surface area (Å²) >= 11 is 6.47. The van der Waals surface area contributed by atoms with Gasteiger partial charge in [-0.1, -0.05) is 0 Å². The van der Waals surface area contributed by atoms with E-state index in [1.54, 1.807) is 24.8 Å². The van der Waals surface area contributed by atoms with Gasteiger partial charge in [-0.15, -0.1) is 0 Å². The zero-order valence-corrected chi connectivity index (χ0v) is 39.1. The molecule has 2 saturated carbocycles. The molecule has 6 aromatic rings. The number of nitrogens with one attached hydrogen (secondary N) is 3. The molecule has 0 radical (unpaired) electrons. The molecule has 356 valence electrons. The van der Waals surface area contributed by atoms with Gasteiger partial charge < -0.3 is 51.6 Å². The van der Waals surface area contributed by atoms with Crippen LogP contribution in [-0.2, 0) is 22.6 Å². The van der Waals surface area contributed by atoms with Gasteiger partial charge in [-0.05, 0) is 63.0 Å². The number of piperazine rings is 2. The first-order valence-corrected chi connectivity index (χ1v) is 24.1. The average molecular weight is 938 g/mol. The highest BCUT2D eigenvalue weighted by Crippen LogP contribution is 2.38. The fourth-order valence-corrected chi connectivity index (χ4v) is 8.92. The van der Waals surface area contributed by atoms with E-state index in [0.29, 0.717) is 72.8 Å². The van der Waals surface area contributed by atoms with Crippen LogP contribution in [0.2, 0.25) is 5.28 Å². The van der Waals surface area contributed by atoms with Crippen molar-refractivity contribution in [2.75, 3.05) is 118 Å². The Balaban J connectivity index is 0.000000139. The van der Waals surface area contributed by atoms with E-state index in [1.807, 2.05) is 4.57 Å². The van der Waals surface area contributed by atoms with Gasteiger partial charge in [0.1, 0.15) is 0 Å². The van der Waals surface area contributed by atoms with Crippen LogP contribution >= 0.6 is 11.6 Å². The van der Waals surface area contributed by atoms with E-state index in [-0.39, 0.29) is 11.9 Å². The number of imidazole rings is 2. The molecule has 6 fully saturated rings. The van der Waals surface area contributed by atoms with Crippen LogP contribution in [0.15, 0.2) is 24.8 Å². The standard InChI is InChI=1S/C22H30N10O.C17H19ClN8O.C5H12N2/c1-14-12-31(5-4-24-14)22-27-17-19(30-6-8-33-9-7-30)28-18(16-10-25-21(23)26-11-16)29-20(17)32(22)13-15-2-3-15;18-16-22-12-14(25-3-5-27-6-4-25)23-13(11-7-20-17(19)21-8-11)24-15(12)26(16)9-10-1-2-10;1-5-4-6-2-3-7-5/h10-11,14-15,24H,2-9,12-13H2,1H3,(H2,23,25,26);7-8,10H,1-6,9H2,(H2,19,20,21);5-7H,2-4H2,1H3. The summed E-state index contributed by atoms with van der Waals surface area (Å²) in [6, 6.07) is 1.09. The second kappa shape index (κ2) is 20.3. The van der Waals surface area contributed by atoms with Crippen molar-refractivity contribution >= 4 is 63.4 Å². The Morgan fingerprint density at radius 1 is 0.597 bits per heavy atom. The van der Waals surface area contributed by atoms with Gasteiger partial charge in [-0.2, -0.15) is 0 Å². The minimum absolute atomic E-state index is 0.218. The molecule has 0 bridgehead atoms. The van der Waals surface area contributed by atoms with Crippen molar-refractivity contribution in [3.8, 4) is 22.8 Å². The summed E-state index contributed by atoms with van der Waals surface area (Å²) < 4.78 is 15.4. The van der Waals surface area contributed by atoms with Crippen molar-refractivity contribution in [1.29, 1.82) is 0 Å². The Bertz CT molecular complexity index is 2600. The molecule has 2 unspecified atom stereocenters. The monoisotopic (exact) mass is 936 g/mol. The Labute approximate surface area is 394 Å². The first-order chi connectivity index (χ1) is 32.7. The molecule has 0 spiro atoms. The van der Waals surface area contributed by atoms with E-state index in [0.717, 1.165) is 124 Å². The Morgan fingerprint density at radius 3 is 1.58 bits per heavy atom. The molecule has 2 aliphatic carbocycles. The van der Waals surface area contributed by atoms with Crippen LogP contribution in [0.1, 0.15) is 39.5 Å². The molecule has 67 heavy (non-hydrogen) atoms. The maximum Gasteiger partial charge on any atom is 0.219 e. The van der Waals surface area contributed by atoms with E-state index in [1.165, 1.54) is 25.7 Å². The lowest BCUT2D eigenvalue weighted by atomic mass is 10.2. The van der Waals surface area contributed by atoms with Crippen molar-refractivity contribution in [1.82, 2.24) is 74.9 Å². The summed E-state index contributed by atoms with van der Waals surface area (Å²) in [5, 5.41) is 10.6. The highest BCUT2D eigenvalue weighted by molar-refractivity contribution is 6.29. The number of ether oxygens (including phenoxy) is 2. The third kappa shape index (κ3) is 10.7. The third-order valence-electron chi connectivity index (χ3n) is 12.7. The summed E-state index contributed by atoms with van der Waals surface area (Å²) in [7, 11) is 0. The number of aromatic nitrogens is 12. The molecule has 22 nitrogen and oxygen atoms in total. The molecule has 23 heteroatoms. The minimum Gasteiger partial charge on any atom is -0.378 e. The number of nitrogens with two attached hydrogens (primary N) is 2. The van der Waals surface area contributed by atoms with Crippen LogP contribution in [0.5, 0.6) is 0 Å². The largest absolute Gasteiger partial charge is 0.378 e. The van der Waals surface area contributed by atoms with Gasteiger partial charge in [0.05, 0.1) is 37.6 Å². The maximum atomic E-state index is 6.47. The van der Waals surface area contributed by atoms with E-state index < -0.39 is 0 Å². The lowest BCUT2D eigenvalue weighted by Gasteiger charge is -2.32. The number of nitrogen functional groups attached to an aromatic ring is 2. The van der Waals surface area contributed by atoms with Gasteiger partial charge in [-0.25, -0.2) is 49.8 Å². The molecule has 10 heterocycles. The molecule has 6 aliphatic rings. The summed E-state index contributed by atoms with van der Waals surface area (Å²) in [6.45, 7) is 18.1. The number of rotatable bonds is 9. The molecule has 12 rings (SSSR count). The second-order valence-electron chi connectivity index (χ2n) is 18.2. The Hall–Kier alpha value is -5.65. The van der Waals surface area contributed by atoms with E-state index >= 15 is 0 Å².